The Kier molecular flexibility index (Phi) is 34.0. The van der Waals surface area contributed by atoms with E-state index in [0.717, 1.165) is 50.9 Å². The Morgan fingerprint density at radius 3 is 1.55 bits per heavy atom. The van der Waals surface area contributed by atoms with Crippen molar-refractivity contribution in [1.29, 1.82) is 0 Å². The summed E-state index contributed by atoms with van der Waals surface area (Å²) in [5, 5.41) is 30.0. The van der Waals surface area contributed by atoms with Crippen LogP contribution in [-0.4, -0.2) is 58.8 Å². The number of aliphatic hydroxyl groups is 3. The van der Waals surface area contributed by atoms with E-state index in [1.165, 1.54) is 70.6 Å². The summed E-state index contributed by atoms with van der Waals surface area (Å²) in [7, 11) is 0. The third-order valence-corrected chi connectivity index (χ3v) is 8.52. The van der Waals surface area contributed by atoms with Crippen LogP contribution in [0.5, 0.6) is 0 Å². The van der Waals surface area contributed by atoms with E-state index in [4.69, 9.17) is 9.47 Å². The molecule has 0 heterocycles. The molecule has 49 heavy (non-hydrogen) atoms. The van der Waals surface area contributed by atoms with Gasteiger partial charge in [0.25, 0.3) is 0 Å². The summed E-state index contributed by atoms with van der Waals surface area (Å²) < 4.78 is 10.5. The maximum absolute atomic E-state index is 12.2. The molecule has 7 nitrogen and oxygen atoms in total. The fourth-order valence-corrected chi connectivity index (χ4v) is 5.41. The molecule has 0 aromatic heterocycles. The SMILES string of the molecule is CC/C=C\C/C=C\C/C=C\C/C=C\C[C@H](O)[C@@H](O)CCCC(=O)OC[C@H](CO)OC(=O)CCCCCCCCCCCCCCCC(C)C. The highest BCUT2D eigenvalue weighted by molar-refractivity contribution is 5.70. The van der Waals surface area contributed by atoms with Gasteiger partial charge >= 0.3 is 11.9 Å². The molecule has 0 saturated carbocycles. The summed E-state index contributed by atoms with van der Waals surface area (Å²) in [5.41, 5.74) is 0. The maximum atomic E-state index is 12.2. The number of allylic oxidation sites excluding steroid dienone is 7. The molecule has 0 rings (SSSR count). The van der Waals surface area contributed by atoms with Crippen LogP contribution >= 0.6 is 0 Å². The van der Waals surface area contributed by atoms with Gasteiger partial charge in [-0.25, -0.2) is 0 Å². The van der Waals surface area contributed by atoms with Gasteiger partial charge < -0.3 is 24.8 Å². The van der Waals surface area contributed by atoms with Gasteiger partial charge in [-0.15, -0.1) is 0 Å². The first-order valence-electron chi connectivity index (χ1n) is 19.7. The molecule has 0 spiro atoms. The van der Waals surface area contributed by atoms with Crippen molar-refractivity contribution < 1.29 is 34.4 Å². The first kappa shape index (κ1) is 46.8. The van der Waals surface area contributed by atoms with E-state index in [-0.39, 0.29) is 25.4 Å². The predicted octanol–water partition coefficient (Wildman–Crippen LogP) is 10.0. The Balaban J connectivity index is 3.80. The maximum Gasteiger partial charge on any atom is 0.306 e. The first-order valence-corrected chi connectivity index (χ1v) is 19.7. The summed E-state index contributed by atoms with van der Waals surface area (Å²) in [6.07, 6.45) is 36.4. The zero-order valence-corrected chi connectivity index (χ0v) is 31.6. The van der Waals surface area contributed by atoms with Crippen molar-refractivity contribution >= 4 is 11.9 Å². The third kappa shape index (κ3) is 34.0. The van der Waals surface area contributed by atoms with E-state index in [1.807, 2.05) is 12.2 Å². The van der Waals surface area contributed by atoms with Gasteiger partial charge in [0.05, 0.1) is 18.8 Å². The summed E-state index contributed by atoms with van der Waals surface area (Å²) in [6.45, 7) is 6.10. The molecule has 3 atom stereocenters. The van der Waals surface area contributed by atoms with Gasteiger partial charge in [0, 0.05) is 12.8 Å². The van der Waals surface area contributed by atoms with Crippen molar-refractivity contribution in [2.45, 2.75) is 187 Å². The zero-order valence-electron chi connectivity index (χ0n) is 31.6. The molecule has 0 fully saturated rings. The molecule has 0 aromatic carbocycles. The fourth-order valence-electron chi connectivity index (χ4n) is 5.41. The second kappa shape index (κ2) is 35.6. The largest absolute Gasteiger partial charge is 0.462 e. The predicted molar refractivity (Wildman–Crippen MR) is 203 cm³/mol. The van der Waals surface area contributed by atoms with Crippen molar-refractivity contribution in [1.82, 2.24) is 0 Å². The molecule has 0 aliphatic carbocycles. The lowest BCUT2D eigenvalue weighted by atomic mass is 10.0. The van der Waals surface area contributed by atoms with Gasteiger partial charge in [-0.2, -0.15) is 0 Å². The second-order valence-corrected chi connectivity index (χ2v) is 13.8. The number of carbonyl (C=O) groups excluding carboxylic acids is 2. The monoisotopic (exact) mass is 691 g/mol. The van der Waals surface area contributed by atoms with Crippen LogP contribution in [0.2, 0.25) is 0 Å². The van der Waals surface area contributed by atoms with E-state index < -0.39 is 30.9 Å². The van der Waals surface area contributed by atoms with Crippen molar-refractivity contribution in [3.05, 3.63) is 48.6 Å². The molecule has 0 bridgehead atoms. The molecule has 0 aliphatic heterocycles. The molecule has 0 radical (unpaired) electrons. The number of ether oxygens (including phenoxy) is 2. The quantitative estimate of drug-likeness (QED) is 0.0350. The summed E-state index contributed by atoms with van der Waals surface area (Å²) in [5.74, 6) is -0.0474. The summed E-state index contributed by atoms with van der Waals surface area (Å²) in [6, 6.07) is 0. The lowest BCUT2D eigenvalue weighted by Crippen LogP contribution is -2.28. The number of aliphatic hydroxyl groups excluding tert-OH is 3. The molecule has 0 unspecified atom stereocenters. The number of hydrogen-bond donors (Lipinski definition) is 3. The van der Waals surface area contributed by atoms with Crippen molar-refractivity contribution in [3.63, 3.8) is 0 Å². The van der Waals surface area contributed by atoms with Gasteiger partial charge in [-0.05, 0) is 57.3 Å². The Labute approximate surface area is 300 Å². The third-order valence-electron chi connectivity index (χ3n) is 8.52. The van der Waals surface area contributed by atoms with E-state index in [2.05, 4.69) is 57.2 Å². The highest BCUT2D eigenvalue weighted by atomic mass is 16.6. The van der Waals surface area contributed by atoms with Gasteiger partial charge in [-0.3, -0.25) is 9.59 Å². The Morgan fingerprint density at radius 2 is 1.04 bits per heavy atom. The minimum absolute atomic E-state index is 0.0679. The van der Waals surface area contributed by atoms with E-state index in [1.54, 1.807) is 0 Å². The normalized spacial score (nSPS) is 14.1. The van der Waals surface area contributed by atoms with E-state index >= 15 is 0 Å². The van der Waals surface area contributed by atoms with Gasteiger partial charge in [-0.1, -0.05) is 153 Å². The number of carbonyl (C=O) groups is 2. The molecule has 7 heteroatoms. The topological polar surface area (TPSA) is 113 Å². The number of hydrogen-bond acceptors (Lipinski definition) is 7. The minimum atomic E-state index is -0.935. The summed E-state index contributed by atoms with van der Waals surface area (Å²) in [4.78, 5) is 24.3. The van der Waals surface area contributed by atoms with Crippen LogP contribution in [0.15, 0.2) is 48.6 Å². The van der Waals surface area contributed by atoms with Crippen molar-refractivity contribution in [3.8, 4) is 0 Å². The Hall–Kier alpha value is -2.22. The smallest absolute Gasteiger partial charge is 0.306 e. The first-order chi connectivity index (χ1) is 23.8. The fraction of sp³-hybridized carbons (Fsp3) is 0.762. The Morgan fingerprint density at radius 1 is 0.571 bits per heavy atom. The average molecular weight is 691 g/mol. The van der Waals surface area contributed by atoms with Crippen molar-refractivity contribution in [2.75, 3.05) is 13.2 Å². The van der Waals surface area contributed by atoms with Gasteiger partial charge in [0.1, 0.15) is 6.61 Å². The molecular weight excluding hydrogens is 616 g/mol. The minimum Gasteiger partial charge on any atom is -0.462 e. The van der Waals surface area contributed by atoms with Crippen LogP contribution in [0, 0.1) is 5.92 Å². The lowest BCUT2D eigenvalue weighted by Gasteiger charge is -2.17. The molecule has 0 amide bonds. The van der Waals surface area contributed by atoms with Crippen LogP contribution in [0.25, 0.3) is 0 Å². The van der Waals surface area contributed by atoms with Crippen LogP contribution in [0.4, 0.5) is 0 Å². The highest BCUT2D eigenvalue weighted by Crippen LogP contribution is 2.15. The molecule has 0 aliphatic rings. The van der Waals surface area contributed by atoms with Crippen LogP contribution in [0.1, 0.15) is 168 Å². The molecule has 0 saturated heterocycles. The lowest BCUT2D eigenvalue weighted by molar-refractivity contribution is -0.161. The standard InChI is InChI=1S/C42H74O7/c1-4-5-6-7-8-9-10-15-18-21-24-27-31-39(44)40(45)32-29-34-41(46)48-36-38(35-43)49-42(47)33-28-25-22-19-16-13-11-12-14-17-20-23-26-30-37(2)3/h5-6,8-9,15,18,24,27,37-40,43-45H,4,7,10-14,16-17,19-23,25-26,28-36H2,1-3H3/b6-5-,9-8-,18-15-,27-24-/t38-,39-,40-/m0/s1. The second-order valence-electron chi connectivity index (χ2n) is 13.8. The van der Waals surface area contributed by atoms with Crippen LogP contribution in [0.3, 0.4) is 0 Å². The van der Waals surface area contributed by atoms with Gasteiger partial charge in [0.2, 0.25) is 0 Å². The van der Waals surface area contributed by atoms with E-state index in [9.17, 15) is 24.9 Å². The van der Waals surface area contributed by atoms with Gasteiger partial charge in [0.15, 0.2) is 6.10 Å². The summed E-state index contributed by atoms with van der Waals surface area (Å²) >= 11 is 0. The van der Waals surface area contributed by atoms with Crippen LogP contribution in [-0.2, 0) is 19.1 Å². The molecular formula is C42H74O7. The van der Waals surface area contributed by atoms with E-state index in [0.29, 0.717) is 19.3 Å². The Bertz CT molecular complexity index is 876. The number of esters is 2. The molecule has 3 N–H and O–H groups in total. The molecule has 0 aromatic rings. The van der Waals surface area contributed by atoms with Crippen molar-refractivity contribution in [2.24, 2.45) is 5.92 Å². The average Bonchev–Trinajstić information content (AvgIpc) is 3.08. The molecule has 284 valence electrons. The number of unbranched alkanes of at least 4 members (excludes halogenated alkanes) is 12. The highest BCUT2D eigenvalue weighted by Gasteiger charge is 2.18. The zero-order chi connectivity index (χ0) is 36.2. The van der Waals surface area contributed by atoms with Crippen LogP contribution < -0.4 is 0 Å². The number of rotatable bonds is 34.